The van der Waals surface area contributed by atoms with Gasteiger partial charge in [0, 0.05) is 76.6 Å². The second-order valence-corrected chi connectivity index (χ2v) is 9.26. The molecular weight excluding hydrogens is 362 g/mol. The molecule has 2 saturated heterocycles. The van der Waals surface area contributed by atoms with Crippen molar-refractivity contribution in [3.8, 4) is 0 Å². The lowest BCUT2D eigenvalue weighted by atomic mass is 9.91. The van der Waals surface area contributed by atoms with Crippen molar-refractivity contribution in [2.24, 2.45) is 0 Å². The summed E-state index contributed by atoms with van der Waals surface area (Å²) in [6.45, 7) is 9.80. The minimum atomic E-state index is 0.642. The highest BCUT2D eigenvalue weighted by Gasteiger charge is 2.29. The number of anilines is 1. The summed E-state index contributed by atoms with van der Waals surface area (Å²) in [6, 6.07) is 8.41. The van der Waals surface area contributed by atoms with E-state index in [1.807, 2.05) is 0 Å². The molecule has 6 heteroatoms. The highest BCUT2D eigenvalue weighted by molar-refractivity contribution is 5.80. The van der Waals surface area contributed by atoms with Crippen molar-refractivity contribution in [2.75, 3.05) is 57.4 Å². The van der Waals surface area contributed by atoms with Crippen molar-refractivity contribution in [3.63, 3.8) is 0 Å². The van der Waals surface area contributed by atoms with Crippen LogP contribution in [0.25, 0.3) is 11.0 Å². The van der Waals surface area contributed by atoms with Crippen LogP contribution in [0.15, 0.2) is 18.2 Å². The number of fused-ring (bicyclic) bond motifs is 3. The zero-order valence-corrected chi connectivity index (χ0v) is 17.4. The van der Waals surface area contributed by atoms with Crippen molar-refractivity contribution >= 4 is 16.7 Å². The number of aromatic nitrogens is 2. The van der Waals surface area contributed by atoms with Crippen molar-refractivity contribution in [1.82, 2.24) is 19.4 Å². The first-order valence-corrected chi connectivity index (χ1v) is 11.6. The molecule has 2 aromatic rings. The van der Waals surface area contributed by atoms with Gasteiger partial charge in [-0.3, -0.25) is 9.80 Å². The van der Waals surface area contributed by atoms with E-state index in [0.29, 0.717) is 6.04 Å². The molecule has 1 unspecified atom stereocenters. The van der Waals surface area contributed by atoms with Gasteiger partial charge in [0.15, 0.2) is 0 Å². The van der Waals surface area contributed by atoms with Crippen LogP contribution in [0.1, 0.15) is 31.5 Å². The van der Waals surface area contributed by atoms with E-state index in [0.717, 1.165) is 58.4 Å². The third-order valence-corrected chi connectivity index (χ3v) is 7.74. The Bertz CT molecular complexity index is 862. The molecule has 6 rings (SSSR count). The Hall–Kier alpha value is -1.63. The molecule has 0 N–H and O–H groups in total. The summed E-state index contributed by atoms with van der Waals surface area (Å²) in [5, 5.41) is 0. The van der Waals surface area contributed by atoms with Gasteiger partial charge >= 0.3 is 0 Å². The summed E-state index contributed by atoms with van der Waals surface area (Å²) in [6.07, 6.45) is 6.49. The Labute approximate surface area is 173 Å². The molecule has 156 valence electrons. The maximum Gasteiger partial charge on any atom is 0.111 e. The fourth-order valence-electron chi connectivity index (χ4n) is 5.65. The third kappa shape index (κ3) is 3.35. The number of rotatable bonds is 3. The predicted molar refractivity (Wildman–Crippen MR) is 116 cm³/mol. The summed E-state index contributed by atoms with van der Waals surface area (Å²) < 4.78 is 8.09. The predicted octanol–water partition coefficient (Wildman–Crippen LogP) is 2.36. The lowest BCUT2D eigenvalue weighted by Crippen LogP contribution is -2.50. The summed E-state index contributed by atoms with van der Waals surface area (Å²) in [5.41, 5.74) is 3.87. The normalized spacial score (nSPS) is 27.2. The standard InChI is InChI=1S/C23H33N5O/c1-2-18(3-1)25-8-6-23-24-21-5-4-19(16-22(21)28(23)14-13-25)26-9-11-27(12-10-26)20-7-15-29-17-20/h4-5,16,18,20H,1-3,6-15,17H2. The van der Waals surface area contributed by atoms with Gasteiger partial charge in [0.2, 0.25) is 0 Å². The Morgan fingerprint density at radius 3 is 2.45 bits per heavy atom. The van der Waals surface area contributed by atoms with Crippen molar-refractivity contribution < 1.29 is 4.74 Å². The average Bonchev–Trinajstić information content (AvgIpc) is 3.32. The number of imidazole rings is 1. The molecule has 0 amide bonds. The zero-order valence-electron chi connectivity index (χ0n) is 17.4. The molecule has 0 radical (unpaired) electrons. The van der Waals surface area contributed by atoms with E-state index < -0.39 is 0 Å². The smallest absolute Gasteiger partial charge is 0.111 e. The van der Waals surface area contributed by atoms with Gasteiger partial charge < -0.3 is 14.2 Å². The number of benzene rings is 1. The van der Waals surface area contributed by atoms with Crippen LogP contribution in [-0.2, 0) is 17.7 Å². The Morgan fingerprint density at radius 1 is 0.862 bits per heavy atom. The molecule has 0 bridgehead atoms. The lowest BCUT2D eigenvalue weighted by Gasteiger charge is -2.38. The van der Waals surface area contributed by atoms with Gasteiger partial charge in [-0.15, -0.1) is 0 Å². The number of ether oxygens (including phenoxy) is 1. The number of piperazine rings is 1. The van der Waals surface area contributed by atoms with E-state index >= 15 is 0 Å². The lowest BCUT2D eigenvalue weighted by molar-refractivity contribution is 0.130. The SMILES string of the molecule is c1cc2nc3n(c2cc1N1CCN(C2CCOC2)CC1)CCN(C1CCC1)CC3. The molecular formula is C23H33N5O. The maximum absolute atomic E-state index is 5.59. The van der Waals surface area contributed by atoms with Crippen molar-refractivity contribution in [1.29, 1.82) is 0 Å². The number of hydrogen-bond donors (Lipinski definition) is 0. The molecule has 0 spiro atoms. The molecule has 1 atom stereocenters. The quantitative estimate of drug-likeness (QED) is 0.798. The summed E-state index contributed by atoms with van der Waals surface area (Å²) >= 11 is 0. The van der Waals surface area contributed by atoms with E-state index in [-0.39, 0.29) is 0 Å². The van der Waals surface area contributed by atoms with Crippen LogP contribution in [0.3, 0.4) is 0 Å². The second-order valence-electron chi connectivity index (χ2n) is 9.26. The fraction of sp³-hybridized carbons (Fsp3) is 0.696. The van der Waals surface area contributed by atoms with Crippen molar-refractivity contribution in [3.05, 3.63) is 24.0 Å². The molecule has 29 heavy (non-hydrogen) atoms. The van der Waals surface area contributed by atoms with Crippen LogP contribution in [0.4, 0.5) is 5.69 Å². The maximum atomic E-state index is 5.59. The van der Waals surface area contributed by atoms with E-state index in [2.05, 4.69) is 37.5 Å². The van der Waals surface area contributed by atoms with Crippen LogP contribution in [0, 0.1) is 0 Å². The van der Waals surface area contributed by atoms with Crippen LogP contribution >= 0.6 is 0 Å². The van der Waals surface area contributed by atoms with Gasteiger partial charge in [-0.05, 0) is 37.5 Å². The number of hydrogen-bond acceptors (Lipinski definition) is 5. The van der Waals surface area contributed by atoms with E-state index in [1.165, 1.54) is 61.3 Å². The monoisotopic (exact) mass is 395 g/mol. The number of nitrogens with zero attached hydrogens (tertiary/aromatic N) is 5. The van der Waals surface area contributed by atoms with Gasteiger partial charge in [-0.25, -0.2) is 4.98 Å². The fourth-order valence-corrected chi connectivity index (χ4v) is 5.65. The van der Waals surface area contributed by atoms with Crippen LogP contribution < -0.4 is 4.90 Å². The van der Waals surface area contributed by atoms with Crippen LogP contribution in [-0.4, -0.2) is 83.9 Å². The average molecular weight is 396 g/mol. The van der Waals surface area contributed by atoms with E-state index in [4.69, 9.17) is 9.72 Å². The first-order valence-electron chi connectivity index (χ1n) is 11.6. The summed E-state index contributed by atoms with van der Waals surface area (Å²) in [7, 11) is 0. The highest BCUT2D eigenvalue weighted by Crippen LogP contribution is 2.29. The molecule has 6 nitrogen and oxygen atoms in total. The van der Waals surface area contributed by atoms with Gasteiger partial charge in [-0.2, -0.15) is 0 Å². The Balaban J connectivity index is 1.19. The minimum absolute atomic E-state index is 0.642. The zero-order chi connectivity index (χ0) is 19.2. The molecule has 1 aromatic carbocycles. The molecule has 3 fully saturated rings. The summed E-state index contributed by atoms with van der Waals surface area (Å²) in [5.74, 6) is 1.28. The first kappa shape index (κ1) is 18.2. The molecule has 4 aliphatic rings. The van der Waals surface area contributed by atoms with E-state index in [1.54, 1.807) is 0 Å². The second kappa shape index (κ2) is 7.56. The first-order chi connectivity index (χ1) is 14.3. The van der Waals surface area contributed by atoms with Gasteiger partial charge in [0.25, 0.3) is 0 Å². The van der Waals surface area contributed by atoms with Gasteiger partial charge in [-0.1, -0.05) is 6.42 Å². The molecule has 1 aromatic heterocycles. The van der Waals surface area contributed by atoms with Crippen molar-refractivity contribution in [2.45, 2.75) is 50.7 Å². The molecule has 1 saturated carbocycles. The van der Waals surface area contributed by atoms with E-state index in [9.17, 15) is 0 Å². The topological polar surface area (TPSA) is 36.8 Å². The Morgan fingerprint density at radius 2 is 1.69 bits per heavy atom. The highest BCUT2D eigenvalue weighted by atomic mass is 16.5. The Kier molecular flexibility index (Phi) is 4.74. The van der Waals surface area contributed by atoms with Crippen LogP contribution in [0.2, 0.25) is 0 Å². The third-order valence-electron chi connectivity index (χ3n) is 7.74. The van der Waals surface area contributed by atoms with Crippen LogP contribution in [0.5, 0.6) is 0 Å². The molecule has 1 aliphatic carbocycles. The minimum Gasteiger partial charge on any atom is -0.380 e. The van der Waals surface area contributed by atoms with Gasteiger partial charge in [0.05, 0.1) is 17.6 Å². The molecule has 4 heterocycles. The largest absolute Gasteiger partial charge is 0.380 e. The molecule has 3 aliphatic heterocycles. The van der Waals surface area contributed by atoms with Gasteiger partial charge in [0.1, 0.15) is 5.82 Å². The summed E-state index contributed by atoms with van der Waals surface area (Å²) in [4.78, 5) is 12.9.